The van der Waals surface area contributed by atoms with Gasteiger partial charge in [-0.05, 0) is 36.8 Å². The summed E-state index contributed by atoms with van der Waals surface area (Å²) in [6.07, 6.45) is 3.38. The smallest absolute Gasteiger partial charge is 0.258 e. The molecule has 2 rings (SSSR count). The van der Waals surface area contributed by atoms with Gasteiger partial charge >= 0.3 is 0 Å². The Labute approximate surface area is 123 Å². The van der Waals surface area contributed by atoms with E-state index in [1.807, 2.05) is 19.1 Å². The minimum atomic E-state index is -0.231. The van der Waals surface area contributed by atoms with E-state index < -0.39 is 0 Å². The molecule has 0 saturated carbocycles. The molecule has 0 aliphatic carbocycles. The third-order valence-electron chi connectivity index (χ3n) is 3.24. The number of hydrogen-bond acceptors (Lipinski definition) is 4. The van der Waals surface area contributed by atoms with Gasteiger partial charge in [-0.2, -0.15) is 0 Å². The third-order valence-corrected chi connectivity index (χ3v) is 3.24. The van der Waals surface area contributed by atoms with Crippen molar-refractivity contribution in [2.75, 3.05) is 13.7 Å². The first-order chi connectivity index (χ1) is 10.2. The van der Waals surface area contributed by atoms with Crippen molar-refractivity contribution in [2.45, 2.75) is 13.5 Å². The van der Waals surface area contributed by atoms with E-state index in [2.05, 4.69) is 4.98 Å². The Hall–Kier alpha value is -2.56. The molecule has 5 nitrogen and oxygen atoms in total. The van der Waals surface area contributed by atoms with Crippen LogP contribution < -0.4 is 4.74 Å². The van der Waals surface area contributed by atoms with Crippen molar-refractivity contribution < 1.29 is 14.6 Å². The Kier molecular flexibility index (Phi) is 4.77. The molecule has 0 aliphatic heterocycles. The molecule has 0 radical (unpaired) electrons. The van der Waals surface area contributed by atoms with Crippen molar-refractivity contribution in [3.8, 4) is 11.5 Å². The molecule has 0 spiro atoms. The summed E-state index contributed by atoms with van der Waals surface area (Å²) in [5.74, 6) is -0.0651. The zero-order valence-corrected chi connectivity index (χ0v) is 12.1. The van der Waals surface area contributed by atoms with Gasteiger partial charge in [0.05, 0.1) is 12.7 Å². The molecular weight excluding hydrogens is 268 g/mol. The Morgan fingerprint density at radius 1 is 1.29 bits per heavy atom. The quantitative estimate of drug-likeness (QED) is 0.917. The number of pyridine rings is 1. The molecule has 5 heteroatoms. The van der Waals surface area contributed by atoms with Gasteiger partial charge in [0, 0.05) is 25.5 Å². The number of benzene rings is 1. The molecule has 110 valence electrons. The van der Waals surface area contributed by atoms with Crippen LogP contribution in [0.4, 0.5) is 0 Å². The van der Waals surface area contributed by atoms with Crippen LogP contribution in [0.15, 0.2) is 42.7 Å². The number of aromatic hydroxyl groups is 1. The van der Waals surface area contributed by atoms with Crippen LogP contribution >= 0.6 is 0 Å². The monoisotopic (exact) mass is 286 g/mol. The van der Waals surface area contributed by atoms with Crippen molar-refractivity contribution in [2.24, 2.45) is 0 Å². The molecule has 1 N–H and O–H groups in total. The van der Waals surface area contributed by atoms with Crippen LogP contribution in [0.5, 0.6) is 11.5 Å². The fourth-order valence-electron chi connectivity index (χ4n) is 2.07. The number of para-hydroxylation sites is 1. The van der Waals surface area contributed by atoms with Crippen LogP contribution in [0.2, 0.25) is 0 Å². The molecule has 0 aliphatic rings. The molecule has 1 aromatic heterocycles. The molecule has 0 bridgehead atoms. The first-order valence-electron chi connectivity index (χ1n) is 6.71. The maximum atomic E-state index is 12.6. The Balaban J connectivity index is 2.24. The third kappa shape index (κ3) is 3.31. The van der Waals surface area contributed by atoms with Crippen LogP contribution in [0, 0.1) is 0 Å². The molecule has 21 heavy (non-hydrogen) atoms. The Bertz CT molecular complexity index is 614. The summed E-state index contributed by atoms with van der Waals surface area (Å²) in [5, 5.41) is 10.1. The van der Waals surface area contributed by atoms with Crippen LogP contribution in [0.1, 0.15) is 22.8 Å². The highest BCUT2D eigenvalue weighted by molar-refractivity contribution is 5.97. The maximum absolute atomic E-state index is 12.6. The zero-order chi connectivity index (χ0) is 15.2. The van der Waals surface area contributed by atoms with Gasteiger partial charge in [-0.25, -0.2) is 0 Å². The number of hydrogen-bond donors (Lipinski definition) is 1. The molecule has 0 saturated heterocycles. The molecule has 1 heterocycles. The topological polar surface area (TPSA) is 62.7 Å². The minimum absolute atomic E-state index is 0.127. The van der Waals surface area contributed by atoms with Gasteiger partial charge in [-0.15, -0.1) is 0 Å². The van der Waals surface area contributed by atoms with E-state index in [-0.39, 0.29) is 17.2 Å². The summed E-state index contributed by atoms with van der Waals surface area (Å²) in [6, 6.07) is 8.62. The van der Waals surface area contributed by atoms with Gasteiger partial charge in [-0.1, -0.05) is 6.07 Å². The van der Waals surface area contributed by atoms with Crippen molar-refractivity contribution in [3.63, 3.8) is 0 Å². The van der Waals surface area contributed by atoms with E-state index in [4.69, 9.17) is 4.74 Å². The van der Waals surface area contributed by atoms with E-state index in [9.17, 15) is 9.90 Å². The van der Waals surface area contributed by atoms with Gasteiger partial charge < -0.3 is 14.7 Å². The summed E-state index contributed by atoms with van der Waals surface area (Å²) < 4.78 is 5.04. The summed E-state index contributed by atoms with van der Waals surface area (Å²) in [7, 11) is 1.46. The van der Waals surface area contributed by atoms with E-state index in [1.54, 1.807) is 35.5 Å². The minimum Gasteiger partial charge on any atom is -0.504 e. The predicted octanol–water partition coefficient (Wildman–Crippen LogP) is 2.46. The Morgan fingerprint density at radius 3 is 2.62 bits per heavy atom. The van der Waals surface area contributed by atoms with E-state index in [0.29, 0.717) is 18.8 Å². The number of aromatic nitrogens is 1. The van der Waals surface area contributed by atoms with Crippen LogP contribution in [-0.2, 0) is 6.54 Å². The second kappa shape index (κ2) is 6.74. The molecule has 1 aromatic carbocycles. The number of carbonyl (C=O) groups is 1. The molecule has 0 fully saturated rings. The lowest BCUT2D eigenvalue weighted by Crippen LogP contribution is -2.30. The predicted molar refractivity (Wildman–Crippen MR) is 79.3 cm³/mol. The summed E-state index contributed by atoms with van der Waals surface area (Å²) in [6.45, 7) is 2.91. The average Bonchev–Trinajstić information content (AvgIpc) is 2.53. The molecule has 0 unspecified atom stereocenters. The fourth-order valence-corrected chi connectivity index (χ4v) is 2.07. The van der Waals surface area contributed by atoms with Crippen molar-refractivity contribution in [1.29, 1.82) is 0 Å². The number of ether oxygens (including phenoxy) is 1. The lowest BCUT2D eigenvalue weighted by Gasteiger charge is -2.21. The van der Waals surface area contributed by atoms with Crippen molar-refractivity contribution in [1.82, 2.24) is 9.88 Å². The van der Waals surface area contributed by atoms with Gasteiger partial charge in [0.25, 0.3) is 5.91 Å². The van der Waals surface area contributed by atoms with Crippen molar-refractivity contribution in [3.05, 3.63) is 53.9 Å². The highest BCUT2D eigenvalue weighted by atomic mass is 16.5. The zero-order valence-electron chi connectivity index (χ0n) is 12.1. The van der Waals surface area contributed by atoms with Gasteiger partial charge in [-0.3, -0.25) is 9.78 Å². The lowest BCUT2D eigenvalue weighted by atomic mass is 10.1. The van der Waals surface area contributed by atoms with Gasteiger partial charge in [0.15, 0.2) is 11.5 Å². The van der Waals surface area contributed by atoms with Gasteiger partial charge in [0.1, 0.15) is 0 Å². The van der Waals surface area contributed by atoms with E-state index >= 15 is 0 Å². The normalized spacial score (nSPS) is 10.2. The van der Waals surface area contributed by atoms with E-state index in [1.165, 1.54) is 7.11 Å². The van der Waals surface area contributed by atoms with Crippen molar-refractivity contribution >= 4 is 5.91 Å². The maximum Gasteiger partial charge on any atom is 0.258 e. The number of methoxy groups -OCH3 is 1. The van der Waals surface area contributed by atoms with Crippen LogP contribution in [0.3, 0.4) is 0 Å². The number of amides is 1. The molecule has 2 aromatic rings. The summed E-state index contributed by atoms with van der Waals surface area (Å²) >= 11 is 0. The highest BCUT2D eigenvalue weighted by Gasteiger charge is 2.20. The molecule has 1 amide bonds. The second-order valence-electron chi connectivity index (χ2n) is 4.53. The van der Waals surface area contributed by atoms with Crippen LogP contribution in [-0.4, -0.2) is 34.6 Å². The number of rotatable bonds is 5. The largest absolute Gasteiger partial charge is 0.504 e. The number of phenolic OH excluding ortho intramolecular Hbond substituents is 1. The Morgan fingerprint density at radius 2 is 2.00 bits per heavy atom. The number of carbonyl (C=O) groups excluding carboxylic acids is 1. The molecular formula is C16H18N2O3. The number of nitrogens with zero attached hydrogens (tertiary/aromatic N) is 2. The van der Waals surface area contributed by atoms with Crippen LogP contribution in [0.25, 0.3) is 0 Å². The lowest BCUT2D eigenvalue weighted by molar-refractivity contribution is 0.0749. The van der Waals surface area contributed by atoms with Gasteiger partial charge in [0.2, 0.25) is 0 Å². The fraction of sp³-hybridized carbons (Fsp3) is 0.250. The average molecular weight is 286 g/mol. The first-order valence-corrected chi connectivity index (χ1v) is 6.71. The SMILES string of the molecule is CCN(Cc1ccncc1)C(=O)c1cccc(OC)c1O. The number of phenols is 1. The summed E-state index contributed by atoms with van der Waals surface area (Å²) in [4.78, 5) is 18.2. The van der Waals surface area contributed by atoms with E-state index in [0.717, 1.165) is 5.56 Å². The highest BCUT2D eigenvalue weighted by Crippen LogP contribution is 2.30. The first kappa shape index (κ1) is 14.8. The molecule has 0 atom stereocenters. The summed E-state index contributed by atoms with van der Waals surface area (Å²) in [5.41, 5.74) is 1.23. The second-order valence-corrected chi connectivity index (χ2v) is 4.53. The standard InChI is InChI=1S/C16H18N2O3/c1-3-18(11-12-7-9-17-10-8-12)16(20)13-5-4-6-14(21-2)15(13)19/h4-10,19H,3,11H2,1-2H3.